The highest BCUT2D eigenvalue weighted by atomic mass is 16.5. The van der Waals surface area contributed by atoms with Crippen LogP contribution in [0.5, 0.6) is 5.75 Å². The first-order valence-corrected chi connectivity index (χ1v) is 13.0. The predicted molar refractivity (Wildman–Crippen MR) is 152 cm³/mol. The SMILES string of the molecule is COc1cccc(C(C)NCc2cc(-c3ccc(C)c(CCC(=O)OC(C)C)c3)c3ccccc3c2)c1. The molecule has 0 fully saturated rings. The van der Waals surface area contributed by atoms with Gasteiger partial charge < -0.3 is 14.8 Å². The van der Waals surface area contributed by atoms with Gasteiger partial charge in [0.05, 0.1) is 13.2 Å². The van der Waals surface area contributed by atoms with E-state index in [-0.39, 0.29) is 18.1 Å². The van der Waals surface area contributed by atoms with Crippen molar-refractivity contribution in [2.24, 2.45) is 0 Å². The summed E-state index contributed by atoms with van der Waals surface area (Å²) in [6, 6.07) is 28.0. The topological polar surface area (TPSA) is 47.6 Å². The van der Waals surface area contributed by atoms with E-state index in [1.165, 1.54) is 38.6 Å². The van der Waals surface area contributed by atoms with Crippen LogP contribution in [0.15, 0.2) is 78.9 Å². The molecule has 37 heavy (non-hydrogen) atoms. The van der Waals surface area contributed by atoms with Gasteiger partial charge in [-0.25, -0.2) is 0 Å². The number of benzene rings is 4. The minimum Gasteiger partial charge on any atom is -0.497 e. The van der Waals surface area contributed by atoms with Crippen molar-refractivity contribution >= 4 is 16.7 Å². The highest BCUT2D eigenvalue weighted by Gasteiger charge is 2.12. The van der Waals surface area contributed by atoms with E-state index in [0.29, 0.717) is 12.8 Å². The van der Waals surface area contributed by atoms with Gasteiger partial charge in [-0.15, -0.1) is 0 Å². The van der Waals surface area contributed by atoms with Gasteiger partial charge in [0.1, 0.15) is 5.75 Å². The molecule has 1 atom stereocenters. The van der Waals surface area contributed by atoms with Gasteiger partial charge in [0.2, 0.25) is 0 Å². The van der Waals surface area contributed by atoms with Gasteiger partial charge in [0, 0.05) is 19.0 Å². The molecule has 0 aromatic heterocycles. The monoisotopic (exact) mass is 495 g/mol. The quantitative estimate of drug-likeness (QED) is 0.231. The fourth-order valence-electron chi connectivity index (χ4n) is 4.68. The molecule has 0 saturated heterocycles. The normalized spacial score (nSPS) is 12.1. The second-order valence-corrected chi connectivity index (χ2v) is 9.92. The van der Waals surface area contributed by atoms with Crippen LogP contribution in [0.4, 0.5) is 0 Å². The Hall–Kier alpha value is -3.63. The number of ether oxygens (including phenoxy) is 2. The fourth-order valence-corrected chi connectivity index (χ4v) is 4.68. The van der Waals surface area contributed by atoms with E-state index in [1.807, 2.05) is 26.0 Å². The van der Waals surface area contributed by atoms with Gasteiger partial charge in [0.25, 0.3) is 0 Å². The zero-order chi connectivity index (χ0) is 26.4. The van der Waals surface area contributed by atoms with Crippen molar-refractivity contribution in [2.45, 2.75) is 59.2 Å². The number of methoxy groups -OCH3 is 1. The van der Waals surface area contributed by atoms with Crippen molar-refractivity contribution in [3.63, 3.8) is 0 Å². The van der Waals surface area contributed by atoms with Crippen molar-refractivity contribution in [2.75, 3.05) is 7.11 Å². The number of carbonyl (C=O) groups is 1. The largest absolute Gasteiger partial charge is 0.497 e. The molecule has 0 aliphatic rings. The summed E-state index contributed by atoms with van der Waals surface area (Å²) in [6.07, 6.45) is 0.965. The summed E-state index contributed by atoms with van der Waals surface area (Å²) in [5.41, 5.74) is 7.16. The van der Waals surface area contributed by atoms with E-state index in [4.69, 9.17) is 9.47 Å². The van der Waals surface area contributed by atoms with Crippen molar-refractivity contribution in [1.82, 2.24) is 5.32 Å². The molecule has 4 rings (SSSR count). The standard InChI is InChI=1S/C33H37NO3/c1-22(2)37-33(35)16-15-26-19-29(14-13-23(26)3)32-18-25(17-28-9-6-7-12-31(28)32)21-34-24(4)27-10-8-11-30(20-27)36-5/h6-14,17-20,22,24,34H,15-16,21H2,1-5H3. The van der Waals surface area contributed by atoms with E-state index in [1.54, 1.807) is 7.11 Å². The first-order chi connectivity index (χ1) is 17.8. The smallest absolute Gasteiger partial charge is 0.306 e. The molecule has 4 aromatic carbocycles. The van der Waals surface area contributed by atoms with Crippen LogP contribution >= 0.6 is 0 Å². The third-order valence-corrected chi connectivity index (χ3v) is 6.75. The lowest BCUT2D eigenvalue weighted by Gasteiger charge is -2.17. The number of aryl methyl sites for hydroxylation is 2. The lowest BCUT2D eigenvalue weighted by molar-refractivity contribution is -0.147. The maximum absolute atomic E-state index is 12.1. The van der Waals surface area contributed by atoms with Gasteiger partial charge in [-0.3, -0.25) is 4.79 Å². The molecule has 1 N–H and O–H groups in total. The number of carbonyl (C=O) groups excluding carboxylic acids is 1. The van der Waals surface area contributed by atoms with E-state index < -0.39 is 0 Å². The third kappa shape index (κ3) is 6.78. The Balaban J connectivity index is 1.60. The second-order valence-electron chi connectivity index (χ2n) is 9.92. The lowest BCUT2D eigenvalue weighted by atomic mass is 9.92. The van der Waals surface area contributed by atoms with Crippen LogP contribution in [0.1, 0.15) is 55.5 Å². The Morgan fingerprint density at radius 3 is 2.51 bits per heavy atom. The van der Waals surface area contributed by atoms with Crippen LogP contribution in [0, 0.1) is 6.92 Å². The molecular formula is C33H37NO3. The summed E-state index contributed by atoms with van der Waals surface area (Å²) in [5.74, 6) is 0.718. The minimum absolute atomic E-state index is 0.0886. The zero-order valence-corrected chi connectivity index (χ0v) is 22.5. The number of hydrogen-bond acceptors (Lipinski definition) is 4. The Bertz CT molecular complexity index is 1380. The van der Waals surface area contributed by atoms with Crippen LogP contribution in [-0.4, -0.2) is 19.2 Å². The Kier molecular flexibility index (Phi) is 8.62. The van der Waals surface area contributed by atoms with E-state index in [0.717, 1.165) is 17.9 Å². The molecule has 0 saturated carbocycles. The summed E-state index contributed by atoms with van der Waals surface area (Å²) in [4.78, 5) is 12.1. The second kappa shape index (κ2) is 12.1. The van der Waals surface area contributed by atoms with E-state index in [9.17, 15) is 4.79 Å². The number of hydrogen-bond donors (Lipinski definition) is 1. The molecule has 0 aliphatic carbocycles. The van der Waals surface area contributed by atoms with E-state index in [2.05, 4.69) is 85.9 Å². The number of rotatable bonds is 10. The van der Waals surface area contributed by atoms with Gasteiger partial charge >= 0.3 is 5.97 Å². The minimum atomic E-state index is -0.150. The summed E-state index contributed by atoms with van der Waals surface area (Å²) in [5, 5.41) is 6.11. The molecule has 0 spiro atoms. The zero-order valence-electron chi connectivity index (χ0n) is 22.5. The summed E-state index contributed by atoms with van der Waals surface area (Å²) in [7, 11) is 1.70. The van der Waals surface area contributed by atoms with Crippen LogP contribution in [0.2, 0.25) is 0 Å². The number of fused-ring (bicyclic) bond motifs is 1. The summed E-state index contributed by atoms with van der Waals surface area (Å²) in [6.45, 7) is 8.79. The molecule has 0 amide bonds. The molecule has 4 aromatic rings. The van der Waals surface area contributed by atoms with Gasteiger partial charge in [-0.05, 0) is 103 Å². The molecular weight excluding hydrogens is 458 g/mol. The summed E-state index contributed by atoms with van der Waals surface area (Å²) >= 11 is 0. The average Bonchev–Trinajstić information content (AvgIpc) is 2.90. The first kappa shape index (κ1) is 26.4. The van der Waals surface area contributed by atoms with Crippen LogP contribution in [0.25, 0.3) is 21.9 Å². The molecule has 0 radical (unpaired) electrons. The van der Waals surface area contributed by atoms with Crippen molar-refractivity contribution in [1.29, 1.82) is 0 Å². The maximum Gasteiger partial charge on any atom is 0.306 e. The molecule has 192 valence electrons. The highest BCUT2D eigenvalue weighted by molar-refractivity contribution is 5.97. The van der Waals surface area contributed by atoms with Crippen molar-refractivity contribution < 1.29 is 14.3 Å². The first-order valence-electron chi connectivity index (χ1n) is 13.0. The molecule has 0 heterocycles. The van der Waals surface area contributed by atoms with Crippen LogP contribution in [-0.2, 0) is 22.5 Å². The lowest BCUT2D eigenvalue weighted by Crippen LogP contribution is -2.18. The predicted octanol–water partition coefficient (Wildman–Crippen LogP) is 7.56. The molecule has 0 bridgehead atoms. The number of esters is 1. The maximum atomic E-state index is 12.1. The van der Waals surface area contributed by atoms with Crippen LogP contribution in [0.3, 0.4) is 0 Å². The molecule has 4 heteroatoms. The fraction of sp³-hybridized carbons (Fsp3) is 0.303. The molecule has 0 aliphatic heterocycles. The summed E-state index contributed by atoms with van der Waals surface area (Å²) < 4.78 is 10.7. The van der Waals surface area contributed by atoms with Crippen molar-refractivity contribution in [3.8, 4) is 16.9 Å². The average molecular weight is 496 g/mol. The molecule has 4 nitrogen and oxygen atoms in total. The Labute approximate surface area is 220 Å². The number of nitrogens with one attached hydrogen (secondary N) is 1. The van der Waals surface area contributed by atoms with Crippen LogP contribution < -0.4 is 10.1 Å². The van der Waals surface area contributed by atoms with Crippen molar-refractivity contribution in [3.05, 3.63) is 101 Å². The van der Waals surface area contributed by atoms with Gasteiger partial charge in [-0.1, -0.05) is 54.6 Å². The van der Waals surface area contributed by atoms with E-state index >= 15 is 0 Å². The van der Waals surface area contributed by atoms with Gasteiger partial charge in [0.15, 0.2) is 0 Å². The Morgan fingerprint density at radius 1 is 0.919 bits per heavy atom. The van der Waals surface area contributed by atoms with Gasteiger partial charge in [-0.2, -0.15) is 0 Å². The highest BCUT2D eigenvalue weighted by Crippen LogP contribution is 2.32. The molecule has 1 unspecified atom stereocenters. The third-order valence-electron chi connectivity index (χ3n) is 6.75. The Morgan fingerprint density at radius 2 is 1.73 bits per heavy atom.